The highest BCUT2D eigenvalue weighted by Gasteiger charge is 2.34. The molecule has 5 rings (SSSR count). The van der Waals surface area contributed by atoms with Gasteiger partial charge in [-0.15, -0.1) is 0 Å². The van der Waals surface area contributed by atoms with E-state index in [-0.39, 0.29) is 30.5 Å². The molecule has 0 aromatic heterocycles. The standard InChI is InChI=1S/C39H49N3O5/c1-3-4-8-20-38(44)42(2)35-19-13-7-14-23-46-37-26-33(32-25-30(21-22-31(32)37)47-29-17-11-6-12-18-29)40-27-36(43)34(41-39(35)45)24-28-15-9-5-10-16-28/h5-7,9-12,14-18,21-22,25,33-37,40,43H,3-4,8,13,19-20,23-24,26-27H2,1-2H3,(H,41,45)/b14-7+/t33?,34-,35+,36+,37?/m0/s1. The number of unbranched alkanes of at least 4 members (excludes halogenated alkanes) is 2. The fourth-order valence-electron chi connectivity index (χ4n) is 6.48. The maximum Gasteiger partial charge on any atom is 0.243 e. The molecule has 2 unspecified atom stereocenters. The van der Waals surface area contributed by atoms with Crippen LogP contribution in [-0.4, -0.2) is 60.2 Å². The molecular weight excluding hydrogens is 590 g/mol. The van der Waals surface area contributed by atoms with Crippen LogP contribution in [0.5, 0.6) is 11.5 Å². The molecule has 1 aliphatic heterocycles. The maximum absolute atomic E-state index is 13.9. The molecule has 0 saturated carbocycles. The summed E-state index contributed by atoms with van der Waals surface area (Å²) in [5, 5.41) is 18.4. The van der Waals surface area contributed by atoms with Crippen LogP contribution in [0.4, 0.5) is 0 Å². The number of carbonyl (C=O) groups excluding carboxylic acids is 2. The summed E-state index contributed by atoms with van der Waals surface area (Å²) in [6.45, 7) is 2.80. The summed E-state index contributed by atoms with van der Waals surface area (Å²) in [4.78, 5) is 28.6. The number of nitrogens with one attached hydrogen (secondary N) is 2. The number of aliphatic hydroxyl groups is 1. The number of hydrogen-bond donors (Lipinski definition) is 3. The van der Waals surface area contributed by atoms with Crippen molar-refractivity contribution < 1.29 is 24.2 Å². The third-order valence-corrected chi connectivity index (χ3v) is 9.20. The number of fused-ring (bicyclic) bond motifs is 5. The molecule has 3 N–H and O–H groups in total. The number of nitrogens with zero attached hydrogens (tertiary/aromatic N) is 1. The molecule has 2 aliphatic rings. The fraction of sp³-hybridized carbons (Fsp3) is 0.436. The number of aliphatic hydroxyl groups excluding tert-OH is 1. The van der Waals surface area contributed by atoms with Crippen LogP contribution in [0.15, 0.2) is 91.0 Å². The molecule has 8 heteroatoms. The maximum atomic E-state index is 13.9. The number of amides is 2. The van der Waals surface area contributed by atoms with Gasteiger partial charge in [-0.3, -0.25) is 9.59 Å². The van der Waals surface area contributed by atoms with Gasteiger partial charge in [-0.25, -0.2) is 0 Å². The predicted molar refractivity (Wildman–Crippen MR) is 184 cm³/mol. The molecule has 8 nitrogen and oxygen atoms in total. The number of carbonyl (C=O) groups is 2. The highest BCUT2D eigenvalue weighted by molar-refractivity contribution is 5.87. The molecule has 2 amide bonds. The topological polar surface area (TPSA) is 100 Å². The Morgan fingerprint density at radius 3 is 2.51 bits per heavy atom. The molecule has 47 heavy (non-hydrogen) atoms. The van der Waals surface area contributed by atoms with Crippen LogP contribution >= 0.6 is 0 Å². The number of ether oxygens (including phenoxy) is 2. The molecule has 1 heterocycles. The monoisotopic (exact) mass is 639 g/mol. The van der Waals surface area contributed by atoms with Crippen LogP contribution in [0, 0.1) is 0 Å². The first-order chi connectivity index (χ1) is 22.9. The molecular formula is C39H49N3O5. The van der Waals surface area contributed by atoms with Crippen LogP contribution in [0.2, 0.25) is 0 Å². The van der Waals surface area contributed by atoms with Gasteiger partial charge in [0.1, 0.15) is 17.5 Å². The van der Waals surface area contributed by atoms with Crippen LogP contribution in [0.3, 0.4) is 0 Å². The second-order valence-electron chi connectivity index (χ2n) is 12.6. The van der Waals surface area contributed by atoms with Gasteiger partial charge in [0.25, 0.3) is 0 Å². The minimum absolute atomic E-state index is 0.0351. The summed E-state index contributed by atoms with van der Waals surface area (Å²) < 4.78 is 12.5. The van der Waals surface area contributed by atoms with Crippen molar-refractivity contribution >= 4 is 11.8 Å². The van der Waals surface area contributed by atoms with Gasteiger partial charge < -0.3 is 30.1 Å². The van der Waals surface area contributed by atoms with Gasteiger partial charge in [-0.1, -0.05) is 86.5 Å². The summed E-state index contributed by atoms with van der Waals surface area (Å²) in [5.41, 5.74) is 3.19. The van der Waals surface area contributed by atoms with Crippen LogP contribution in [-0.2, 0) is 20.7 Å². The highest BCUT2D eigenvalue weighted by atomic mass is 16.5. The molecule has 3 aromatic carbocycles. The molecule has 0 spiro atoms. The van der Waals surface area contributed by atoms with Crippen molar-refractivity contribution in [3.05, 3.63) is 108 Å². The van der Waals surface area contributed by atoms with Gasteiger partial charge in [-0.05, 0) is 73.1 Å². The SMILES string of the molecule is CCCCCC(=O)N(C)[C@@H]1CC/C=C/COC2CC(NC[C@@H](O)[C@H](Cc3ccccc3)NC1=O)c1cc(Oc3ccccc3)ccc12. The van der Waals surface area contributed by atoms with Crippen molar-refractivity contribution in [1.82, 2.24) is 15.5 Å². The molecule has 250 valence electrons. The zero-order valence-electron chi connectivity index (χ0n) is 27.6. The fourth-order valence-corrected chi connectivity index (χ4v) is 6.48. The average Bonchev–Trinajstić information content (AvgIpc) is 3.43. The van der Waals surface area contributed by atoms with Crippen molar-refractivity contribution in [2.24, 2.45) is 0 Å². The van der Waals surface area contributed by atoms with Crippen LogP contribution in [0.1, 0.15) is 80.7 Å². The highest BCUT2D eigenvalue weighted by Crippen LogP contribution is 2.43. The van der Waals surface area contributed by atoms with E-state index in [0.29, 0.717) is 38.7 Å². The van der Waals surface area contributed by atoms with Crippen molar-refractivity contribution in [3.63, 3.8) is 0 Å². The van der Waals surface area contributed by atoms with E-state index >= 15 is 0 Å². The Labute approximate surface area is 279 Å². The van der Waals surface area contributed by atoms with E-state index in [9.17, 15) is 14.7 Å². The van der Waals surface area contributed by atoms with Crippen molar-refractivity contribution in [2.75, 3.05) is 20.2 Å². The Balaban J connectivity index is 1.38. The van der Waals surface area contributed by atoms with E-state index in [0.717, 1.165) is 47.5 Å². The van der Waals surface area contributed by atoms with Crippen molar-refractivity contribution in [3.8, 4) is 11.5 Å². The lowest BCUT2D eigenvalue weighted by Gasteiger charge is -2.31. The quantitative estimate of drug-likeness (QED) is 0.185. The average molecular weight is 640 g/mol. The first-order valence-electron chi connectivity index (χ1n) is 17.1. The summed E-state index contributed by atoms with van der Waals surface area (Å²) in [6, 6.07) is 24.4. The second-order valence-corrected chi connectivity index (χ2v) is 12.6. The minimum Gasteiger partial charge on any atom is -0.457 e. The lowest BCUT2D eigenvalue weighted by Crippen LogP contribution is -2.55. The second kappa shape index (κ2) is 17.3. The van der Waals surface area contributed by atoms with E-state index in [1.807, 2.05) is 78.9 Å². The van der Waals surface area contributed by atoms with Gasteiger partial charge in [0, 0.05) is 26.1 Å². The minimum atomic E-state index is -0.884. The van der Waals surface area contributed by atoms with E-state index in [2.05, 4.69) is 29.7 Å². The lowest BCUT2D eigenvalue weighted by atomic mass is 9.99. The van der Waals surface area contributed by atoms with E-state index in [4.69, 9.17) is 9.47 Å². The number of β-amino-alcohol motifs (C(OH)–C–C–N with tert-alkyl or cyclic N) is 1. The van der Waals surface area contributed by atoms with Crippen molar-refractivity contribution in [1.29, 1.82) is 0 Å². The summed E-state index contributed by atoms with van der Waals surface area (Å²) in [5.74, 6) is 1.22. The Bertz CT molecular complexity index is 1460. The number of hydrogen-bond acceptors (Lipinski definition) is 6. The zero-order valence-corrected chi connectivity index (χ0v) is 27.6. The van der Waals surface area contributed by atoms with Crippen LogP contribution in [0.25, 0.3) is 0 Å². The smallest absolute Gasteiger partial charge is 0.243 e. The largest absolute Gasteiger partial charge is 0.457 e. The van der Waals surface area contributed by atoms with Gasteiger partial charge in [-0.2, -0.15) is 0 Å². The van der Waals surface area contributed by atoms with Gasteiger partial charge in [0.2, 0.25) is 11.8 Å². The van der Waals surface area contributed by atoms with Gasteiger partial charge in [0.05, 0.1) is 24.9 Å². The normalized spacial score (nSPS) is 24.1. The van der Waals surface area contributed by atoms with Crippen LogP contribution < -0.4 is 15.4 Å². The molecule has 2 bridgehead atoms. The molecule has 1 aliphatic carbocycles. The zero-order chi connectivity index (χ0) is 33.0. The number of benzene rings is 3. The number of rotatable bonds is 9. The van der Waals surface area contributed by atoms with Crippen molar-refractivity contribution in [2.45, 2.75) is 88.6 Å². The lowest BCUT2D eigenvalue weighted by molar-refractivity contribution is -0.140. The first-order valence-corrected chi connectivity index (χ1v) is 17.1. The van der Waals surface area contributed by atoms with E-state index in [1.54, 1.807) is 11.9 Å². The molecule has 5 atom stereocenters. The molecule has 0 radical (unpaired) electrons. The number of allylic oxidation sites excluding steroid dienone is 1. The first kappa shape index (κ1) is 34.4. The summed E-state index contributed by atoms with van der Waals surface area (Å²) >= 11 is 0. The number of likely N-dealkylation sites (N-methyl/N-ethyl adjacent to an activating group) is 1. The third kappa shape index (κ3) is 9.53. The Kier molecular flexibility index (Phi) is 12.6. The van der Waals surface area contributed by atoms with E-state index < -0.39 is 18.2 Å². The van der Waals surface area contributed by atoms with Gasteiger partial charge in [0.15, 0.2) is 0 Å². The Morgan fingerprint density at radius 1 is 0.979 bits per heavy atom. The summed E-state index contributed by atoms with van der Waals surface area (Å²) in [6.07, 6.45) is 8.52. The third-order valence-electron chi connectivity index (χ3n) is 9.20. The summed E-state index contributed by atoms with van der Waals surface area (Å²) in [7, 11) is 1.72. The Morgan fingerprint density at radius 2 is 1.74 bits per heavy atom. The molecule has 3 aromatic rings. The molecule has 0 fully saturated rings. The van der Waals surface area contributed by atoms with Gasteiger partial charge >= 0.3 is 0 Å². The number of para-hydroxylation sites is 1. The Hall–Kier alpha value is -3.98. The molecule has 0 saturated heterocycles. The predicted octanol–water partition coefficient (Wildman–Crippen LogP) is 6.42. The van der Waals surface area contributed by atoms with E-state index in [1.165, 1.54) is 0 Å².